The lowest BCUT2D eigenvalue weighted by Crippen LogP contribution is -2.77. The van der Waals surface area contributed by atoms with Crippen LogP contribution in [-0.2, 0) is 4.79 Å². The van der Waals surface area contributed by atoms with Crippen LogP contribution in [0.25, 0.3) is 0 Å². The van der Waals surface area contributed by atoms with E-state index in [2.05, 4.69) is 0 Å². The number of carbonyl (C=O) groups excluding carboxylic acids is 1. The highest BCUT2D eigenvalue weighted by atomic mass is 19.4. The zero-order chi connectivity index (χ0) is 31.0. The van der Waals surface area contributed by atoms with Crippen LogP contribution in [0.5, 0.6) is 0 Å². The van der Waals surface area contributed by atoms with Gasteiger partial charge in [0.1, 0.15) is 5.78 Å². The first-order valence-corrected chi connectivity index (χ1v) is 9.26. The summed E-state index contributed by atoms with van der Waals surface area (Å²) in [6, 6.07) is 0. The van der Waals surface area contributed by atoms with Gasteiger partial charge in [0.05, 0.1) is 5.92 Å². The Hall–Kier alpha value is -1.80. The topological polar surface area (TPSA) is 17.1 Å². The molecule has 226 valence electrons. The summed E-state index contributed by atoms with van der Waals surface area (Å²) in [6.07, 6.45) is -11.7. The number of carbonyl (C=O) groups is 1. The molecule has 0 N–H and O–H groups in total. The molecular formula is C16H9F21O. The first kappa shape index (κ1) is 34.2. The second kappa shape index (κ2) is 8.85. The molecule has 1 rings (SSSR count). The van der Waals surface area contributed by atoms with Crippen LogP contribution in [0.15, 0.2) is 0 Å². The fourth-order valence-electron chi connectivity index (χ4n) is 3.16. The van der Waals surface area contributed by atoms with E-state index in [-0.39, 0.29) is 6.42 Å². The van der Waals surface area contributed by atoms with Crippen LogP contribution in [-0.4, -0.2) is 65.3 Å². The molecule has 1 fully saturated rings. The lowest BCUT2D eigenvalue weighted by Gasteiger charge is -2.45. The Kier molecular flexibility index (Phi) is 7.97. The molecule has 0 aromatic carbocycles. The van der Waals surface area contributed by atoms with Gasteiger partial charge in [-0.05, 0) is 12.8 Å². The number of halogens is 21. The Bertz CT molecular complexity index is 897. The molecule has 0 aromatic rings. The summed E-state index contributed by atoms with van der Waals surface area (Å²) in [5.41, 5.74) is 0. The van der Waals surface area contributed by atoms with E-state index in [4.69, 9.17) is 0 Å². The van der Waals surface area contributed by atoms with E-state index in [0.717, 1.165) is 0 Å². The summed E-state index contributed by atoms with van der Waals surface area (Å²) in [5, 5.41) is 0. The first-order valence-electron chi connectivity index (χ1n) is 9.26. The van der Waals surface area contributed by atoms with Gasteiger partial charge in [0.25, 0.3) is 0 Å². The zero-order valence-corrected chi connectivity index (χ0v) is 17.3. The highest BCUT2D eigenvalue weighted by Gasteiger charge is 2.98. The van der Waals surface area contributed by atoms with Crippen molar-refractivity contribution >= 4 is 5.78 Å². The van der Waals surface area contributed by atoms with Gasteiger partial charge >= 0.3 is 59.5 Å². The maximum Gasteiger partial charge on any atom is 0.460 e. The van der Waals surface area contributed by atoms with Crippen molar-refractivity contribution in [1.82, 2.24) is 0 Å². The van der Waals surface area contributed by atoms with Crippen LogP contribution in [0.2, 0.25) is 0 Å². The molecule has 0 bridgehead atoms. The molecule has 0 aromatic heterocycles. The smallest absolute Gasteiger partial charge is 0.299 e. The largest absolute Gasteiger partial charge is 0.460 e. The average Bonchev–Trinajstić information content (AvgIpc) is 2.71. The van der Waals surface area contributed by atoms with E-state index in [0.29, 0.717) is 0 Å². The monoisotopic (exact) mass is 616 g/mol. The maximum atomic E-state index is 14.1. The summed E-state index contributed by atoms with van der Waals surface area (Å²) in [7, 11) is 0. The molecule has 0 radical (unpaired) electrons. The van der Waals surface area contributed by atoms with E-state index in [9.17, 15) is 97.0 Å². The summed E-state index contributed by atoms with van der Waals surface area (Å²) in [6.45, 7) is 0. The van der Waals surface area contributed by atoms with Gasteiger partial charge in [0.2, 0.25) is 0 Å². The van der Waals surface area contributed by atoms with Gasteiger partial charge in [-0.3, -0.25) is 4.79 Å². The molecule has 0 aliphatic heterocycles. The number of hydrogen-bond donors (Lipinski definition) is 0. The molecule has 1 nitrogen and oxygen atoms in total. The SMILES string of the molecule is O=C1CCCCC1C(F)(F)C(F)(F)C(F)(F)C(F)(F)C(F)(F)C(F)(F)C(F)(F)C(F)(F)C(F)(F)C(F)(F)F. The van der Waals surface area contributed by atoms with Crippen molar-refractivity contribution in [3.05, 3.63) is 0 Å². The molecule has 0 saturated heterocycles. The van der Waals surface area contributed by atoms with Crippen molar-refractivity contribution in [2.24, 2.45) is 5.92 Å². The van der Waals surface area contributed by atoms with Crippen molar-refractivity contribution in [3.8, 4) is 0 Å². The number of alkyl halides is 21. The molecular weight excluding hydrogens is 607 g/mol. The van der Waals surface area contributed by atoms with Gasteiger partial charge in [-0.25, -0.2) is 0 Å². The van der Waals surface area contributed by atoms with E-state index >= 15 is 0 Å². The van der Waals surface area contributed by atoms with Gasteiger partial charge in [0.15, 0.2) is 0 Å². The van der Waals surface area contributed by atoms with Crippen molar-refractivity contribution in [3.63, 3.8) is 0 Å². The van der Waals surface area contributed by atoms with Crippen LogP contribution in [0, 0.1) is 5.92 Å². The summed E-state index contributed by atoms with van der Waals surface area (Å²) in [5.74, 6) is -83.1. The molecule has 0 amide bonds. The van der Waals surface area contributed by atoms with Crippen LogP contribution in [0.4, 0.5) is 92.2 Å². The maximum absolute atomic E-state index is 14.1. The minimum atomic E-state index is -9.20. The van der Waals surface area contributed by atoms with E-state index in [1.807, 2.05) is 0 Å². The molecule has 1 aliphatic carbocycles. The third-order valence-electron chi connectivity index (χ3n) is 5.53. The van der Waals surface area contributed by atoms with Crippen LogP contribution in [0.1, 0.15) is 25.7 Å². The lowest BCUT2D eigenvalue weighted by molar-refractivity contribution is -0.475. The van der Waals surface area contributed by atoms with Crippen LogP contribution < -0.4 is 0 Å². The molecule has 1 atom stereocenters. The second-order valence-electron chi connectivity index (χ2n) is 7.98. The minimum Gasteiger partial charge on any atom is -0.299 e. The third-order valence-corrected chi connectivity index (χ3v) is 5.53. The van der Waals surface area contributed by atoms with Crippen molar-refractivity contribution in [2.45, 2.75) is 85.2 Å². The van der Waals surface area contributed by atoms with Gasteiger partial charge < -0.3 is 0 Å². The van der Waals surface area contributed by atoms with Gasteiger partial charge in [-0.15, -0.1) is 0 Å². The van der Waals surface area contributed by atoms with Crippen LogP contribution >= 0.6 is 0 Å². The third kappa shape index (κ3) is 4.07. The molecule has 0 spiro atoms. The highest BCUT2D eigenvalue weighted by Crippen LogP contribution is 2.66. The molecule has 1 unspecified atom stereocenters. The number of rotatable bonds is 9. The van der Waals surface area contributed by atoms with E-state index < -0.39 is 90.4 Å². The minimum absolute atomic E-state index is 0.361. The van der Waals surface area contributed by atoms with Gasteiger partial charge in [0, 0.05) is 6.42 Å². The van der Waals surface area contributed by atoms with Crippen molar-refractivity contribution in [1.29, 1.82) is 0 Å². The molecule has 0 heterocycles. The summed E-state index contributed by atoms with van der Waals surface area (Å²) >= 11 is 0. The standard InChI is InChI=1S/C16H9F21O/c17-7(18,5-3-1-2-4-6(5)38)8(19,20)9(21,22)10(23,24)11(25,26)12(27,28)13(29,30)14(31,32)15(33,34)16(35,36)37/h5H,1-4H2. The Labute approximate surface area is 195 Å². The fraction of sp³-hybridized carbons (Fsp3) is 0.938. The van der Waals surface area contributed by atoms with E-state index in [1.165, 1.54) is 0 Å². The zero-order valence-electron chi connectivity index (χ0n) is 17.3. The van der Waals surface area contributed by atoms with Crippen molar-refractivity contribution < 1.29 is 97.0 Å². The predicted molar refractivity (Wildman–Crippen MR) is 77.5 cm³/mol. The highest BCUT2D eigenvalue weighted by molar-refractivity contribution is 5.82. The summed E-state index contributed by atoms with van der Waals surface area (Å²) in [4.78, 5) is 11.4. The number of hydrogen-bond acceptors (Lipinski definition) is 1. The summed E-state index contributed by atoms with van der Waals surface area (Å²) < 4.78 is 280. The first-order chi connectivity index (χ1) is 16.3. The molecule has 22 heteroatoms. The van der Waals surface area contributed by atoms with Gasteiger partial charge in [-0.1, -0.05) is 6.42 Å². The van der Waals surface area contributed by atoms with E-state index in [1.54, 1.807) is 0 Å². The lowest BCUT2D eigenvalue weighted by atomic mass is 9.78. The average molecular weight is 616 g/mol. The Morgan fingerprint density at radius 1 is 0.421 bits per heavy atom. The van der Waals surface area contributed by atoms with Crippen molar-refractivity contribution in [2.75, 3.05) is 0 Å². The molecule has 38 heavy (non-hydrogen) atoms. The second-order valence-corrected chi connectivity index (χ2v) is 7.98. The van der Waals surface area contributed by atoms with Crippen LogP contribution in [0.3, 0.4) is 0 Å². The predicted octanol–water partition coefficient (Wildman–Crippen LogP) is 8.03. The number of ketones is 1. The molecule has 1 saturated carbocycles. The normalized spacial score (nSPS) is 20.7. The quantitative estimate of drug-likeness (QED) is 0.240. The van der Waals surface area contributed by atoms with Gasteiger partial charge in [-0.2, -0.15) is 92.2 Å². The molecule has 1 aliphatic rings. The Morgan fingerprint density at radius 2 is 0.711 bits per heavy atom. The number of Topliss-reactive ketones (excluding diaryl/α,β-unsaturated/α-hetero) is 1. The fourth-order valence-corrected chi connectivity index (χ4v) is 3.16. The Morgan fingerprint density at radius 3 is 1.00 bits per heavy atom. The Balaban J connectivity index is 3.76.